The maximum absolute atomic E-state index is 13.0. The van der Waals surface area contributed by atoms with Gasteiger partial charge in [-0.3, -0.25) is 24.1 Å². The molecule has 5 N–H and O–H groups in total. The van der Waals surface area contributed by atoms with Crippen LogP contribution in [0.2, 0.25) is 0 Å². The summed E-state index contributed by atoms with van der Waals surface area (Å²) in [6, 6.07) is 3.70. The molecular formula is C25H34F3N5O6. The Morgan fingerprint density at radius 2 is 1.67 bits per heavy atom. The highest BCUT2D eigenvalue weighted by atomic mass is 19.4. The predicted molar refractivity (Wildman–Crippen MR) is 132 cm³/mol. The molecule has 1 atom stereocenters. The molecule has 1 spiro atoms. The fraction of sp³-hybridized carbons (Fsp3) is 0.600. The molecule has 39 heavy (non-hydrogen) atoms. The molecule has 2 fully saturated rings. The van der Waals surface area contributed by atoms with Gasteiger partial charge in [-0.2, -0.15) is 13.2 Å². The molecule has 0 aliphatic carbocycles. The van der Waals surface area contributed by atoms with Crippen molar-refractivity contribution in [2.24, 2.45) is 5.73 Å². The van der Waals surface area contributed by atoms with Crippen LogP contribution in [0.15, 0.2) is 24.3 Å². The van der Waals surface area contributed by atoms with Crippen molar-refractivity contribution in [2.75, 3.05) is 46.1 Å². The van der Waals surface area contributed by atoms with Crippen LogP contribution >= 0.6 is 0 Å². The van der Waals surface area contributed by atoms with E-state index in [-0.39, 0.29) is 45.8 Å². The van der Waals surface area contributed by atoms with Gasteiger partial charge in [0.15, 0.2) is 0 Å². The minimum Gasteiger partial charge on any atom is -0.377 e. The van der Waals surface area contributed by atoms with Crippen LogP contribution in [-0.2, 0) is 41.4 Å². The second-order valence-corrected chi connectivity index (χ2v) is 9.72. The van der Waals surface area contributed by atoms with Gasteiger partial charge in [-0.05, 0) is 30.5 Å². The molecular weight excluding hydrogens is 523 g/mol. The third kappa shape index (κ3) is 9.79. The number of hydrogen-bond acceptors (Lipinski definition) is 7. The second kappa shape index (κ2) is 13.7. The number of nitrogens with one attached hydrogen (secondary N) is 3. The van der Waals surface area contributed by atoms with E-state index in [1.807, 2.05) is 4.90 Å². The summed E-state index contributed by atoms with van der Waals surface area (Å²) in [7, 11) is 0. The molecule has 3 rings (SSSR count). The maximum atomic E-state index is 13.0. The van der Waals surface area contributed by atoms with E-state index in [9.17, 15) is 32.3 Å². The quantitative estimate of drug-likeness (QED) is 0.411. The molecule has 14 heteroatoms. The van der Waals surface area contributed by atoms with E-state index in [4.69, 9.17) is 15.2 Å². The Morgan fingerprint density at radius 3 is 2.31 bits per heavy atom. The van der Waals surface area contributed by atoms with Crippen molar-refractivity contribution in [1.82, 2.24) is 20.9 Å². The van der Waals surface area contributed by atoms with Gasteiger partial charge in [0, 0.05) is 32.6 Å². The lowest BCUT2D eigenvalue weighted by atomic mass is 9.83. The number of amides is 4. The van der Waals surface area contributed by atoms with Crippen LogP contribution in [0.5, 0.6) is 0 Å². The van der Waals surface area contributed by atoms with Crippen molar-refractivity contribution in [3.8, 4) is 0 Å². The van der Waals surface area contributed by atoms with Crippen molar-refractivity contribution in [3.05, 3.63) is 35.4 Å². The topological polar surface area (TPSA) is 152 Å². The van der Waals surface area contributed by atoms with Crippen LogP contribution in [0.1, 0.15) is 36.8 Å². The van der Waals surface area contributed by atoms with Crippen LogP contribution < -0.4 is 21.7 Å². The van der Waals surface area contributed by atoms with Crippen LogP contribution in [0.4, 0.5) is 13.2 Å². The Hall–Kier alpha value is -3.23. The number of piperidine rings is 1. The highest BCUT2D eigenvalue weighted by Crippen LogP contribution is 2.30. The van der Waals surface area contributed by atoms with Crippen molar-refractivity contribution in [3.63, 3.8) is 0 Å². The summed E-state index contributed by atoms with van der Waals surface area (Å²) >= 11 is 0. The molecule has 11 nitrogen and oxygen atoms in total. The summed E-state index contributed by atoms with van der Waals surface area (Å²) in [4.78, 5) is 51.7. The van der Waals surface area contributed by atoms with E-state index in [0.717, 1.165) is 12.1 Å². The number of primary amides is 1. The SMILES string of the molecule is NC(=O)[C@@H]1CC(=O)NCCOCCOCC(=O)NC2(CCN(Cc3ccc(C(F)(F)F)cc3)CC2)CC(=O)N1. The number of carbonyl (C=O) groups is 4. The van der Waals surface area contributed by atoms with Gasteiger partial charge in [0.1, 0.15) is 12.6 Å². The maximum Gasteiger partial charge on any atom is 0.416 e. The summed E-state index contributed by atoms with van der Waals surface area (Å²) in [5.74, 6) is -2.34. The van der Waals surface area contributed by atoms with Gasteiger partial charge in [0.25, 0.3) is 0 Å². The zero-order valence-corrected chi connectivity index (χ0v) is 21.5. The van der Waals surface area contributed by atoms with Crippen molar-refractivity contribution in [1.29, 1.82) is 0 Å². The highest BCUT2D eigenvalue weighted by Gasteiger charge is 2.39. The highest BCUT2D eigenvalue weighted by molar-refractivity contribution is 5.91. The standard InChI is InChI=1S/C25H34F3N5O6/c26-25(27,28)18-3-1-17(2-4-18)15-33-8-5-24(6-9-33)14-21(35)31-19(23(29)37)13-20(34)30-7-10-38-11-12-39-16-22(36)32-24/h1-4,19H,5-16H2,(H2,29,37)(H,30,34)(H,31,35)(H,32,36)/t19-/m0/s1. The summed E-state index contributed by atoms with van der Waals surface area (Å²) in [6.45, 7) is 1.79. The minimum absolute atomic E-state index is 0.152. The average Bonchev–Trinajstić information content (AvgIpc) is 2.86. The van der Waals surface area contributed by atoms with E-state index < -0.39 is 46.9 Å². The number of likely N-dealkylation sites (tertiary alicyclic amines) is 1. The Bertz CT molecular complexity index is 1010. The van der Waals surface area contributed by atoms with Crippen molar-refractivity contribution < 1.29 is 41.8 Å². The first-order valence-corrected chi connectivity index (χ1v) is 12.7. The Labute approximate surface area is 223 Å². The van der Waals surface area contributed by atoms with Gasteiger partial charge in [0.2, 0.25) is 23.6 Å². The molecule has 4 amide bonds. The van der Waals surface area contributed by atoms with Gasteiger partial charge < -0.3 is 31.2 Å². The molecule has 0 bridgehead atoms. The van der Waals surface area contributed by atoms with E-state index in [1.54, 1.807) is 0 Å². The molecule has 216 valence electrons. The number of ether oxygens (including phenoxy) is 2. The summed E-state index contributed by atoms with van der Waals surface area (Å²) in [5, 5.41) is 7.99. The Balaban J connectivity index is 1.68. The number of alkyl halides is 3. The number of hydrogen-bond donors (Lipinski definition) is 4. The molecule has 2 aliphatic heterocycles. The molecule has 2 saturated heterocycles. The van der Waals surface area contributed by atoms with Crippen LogP contribution in [-0.4, -0.2) is 86.2 Å². The smallest absolute Gasteiger partial charge is 0.377 e. The predicted octanol–water partition coefficient (Wildman–Crippen LogP) is 0.0695. The number of rotatable bonds is 3. The number of nitrogens with zero attached hydrogens (tertiary/aromatic N) is 1. The first kappa shape index (κ1) is 30.3. The van der Waals surface area contributed by atoms with Gasteiger partial charge in [-0.1, -0.05) is 12.1 Å². The van der Waals surface area contributed by atoms with Gasteiger partial charge >= 0.3 is 6.18 Å². The Morgan fingerprint density at radius 1 is 1.00 bits per heavy atom. The fourth-order valence-electron chi connectivity index (χ4n) is 4.55. The molecule has 0 saturated carbocycles. The summed E-state index contributed by atoms with van der Waals surface area (Å²) in [5.41, 5.74) is 4.41. The summed E-state index contributed by atoms with van der Waals surface area (Å²) < 4.78 is 49.3. The first-order valence-electron chi connectivity index (χ1n) is 12.7. The Kier molecular flexibility index (Phi) is 10.7. The zero-order valence-electron chi connectivity index (χ0n) is 21.5. The molecule has 0 aromatic heterocycles. The molecule has 0 unspecified atom stereocenters. The third-order valence-electron chi connectivity index (χ3n) is 6.65. The zero-order chi connectivity index (χ0) is 28.5. The average molecular weight is 558 g/mol. The lowest BCUT2D eigenvalue weighted by Crippen LogP contribution is -2.58. The van der Waals surface area contributed by atoms with Gasteiger partial charge in [0.05, 0.1) is 37.3 Å². The van der Waals surface area contributed by atoms with Crippen LogP contribution in [0.25, 0.3) is 0 Å². The molecule has 1 aromatic rings. The largest absolute Gasteiger partial charge is 0.416 e. The molecule has 0 radical (unpaired) electrons. The lowest BCUT2D eigenvalue weighted by Gasteiger charge is -2.42. The monoisotopic (exact) mass is 557 g/mol. The number of carbonyl (C=O) groups excluding carboxylic acids is 4. The lowest BCUT2D eigenvalue weighted by molar-refractivity contribution is -0.137. The fourth-order valence-corrected chi connectivity index (χ4v) is 4.55. The van der Waals surface area contributed by atoms with Gasteiger partial charge in [-0.15, -0.1) is 0 Å². The normalized spacial score (nSPS) is 22.8. The van der Waals surface area contributed by atoms with E-state index in [0.29, 0.717) is 38.0 Å². The summed E-state index contributed by atoms with van der Waals surface area (Å²) in [6.07, 6.45) is -4.20. The van der Waals surface area contributed by atoms with E-state index >= 15 is 0 Å². The third-order valence-corrected chi connectivity index (χ3v) is 6.65. The van der Waals surface area contributed by atoms with E-state index in [1.165, 1.54) is 12.1 Å². The first-order chi connectivity index (χ1) is 18.5. The second-order valence-electron chi connectivity index (χ2n) is 9.72. The number of halogens is 3. The molecule has 2 heterocycles. The molecule has 1 aromatic carbocycles. The van der Waals surface area contributed by atoms with Crippen LogP contribution in [0.3, 0.4) is 0 Å². The van der Waals surface area contributed by atoms with Crippen molar-refractivity contribution >= 4 is 23.6 Å². The minimum atomic E-state index is -4.41. The number of benzene rings is 1. The molecule has 2 aliphatic rings. The van der Waals surface area contributed by atoms with Gasteiger partial charge in [-0.25, -0.2) is 0 Å². The number of nitrogens with two attached hydrogens (primary N) is 1. The van der Waals surface area contributed by atoms with Crippen molar-refractivity contribution in [2.45, 2.75) is 50.0 Å². The van der Waals surface area contributed by atoms with Crippen LogP contribution in [0, 0.1) is 0 Å². The van der Waals surface area contributed by atoms with E-state index in [2.05, 4.69) is 16.0 Å².